The summed E-state index contributed by atoms with van der Waals surface area (Å²) in [6, 6.07) is 1.56. The Morgan fingerprint density at radius 2 is 1.97 bits per heavy atom. The molecule has 1 heterocycles. The Hall–Kier alpha value is -2.39. The number of aliphatic hydroxyl groups is 2. The number of rotatable bonds is 3. The lowest BCUT2D eigenvalue weighted by Crippen LogP contribution is -2.68. The molecule has 9 heteroatoms. The van der Waals surface area contributed by atoms with Crippen molar-refractivity contribution in [3.63, 3.8) is 0 Å². The van der Waals surface area contributed by atoms with Gasteiger partial charge in [-0.1, -0.05) is 13.8 Å². The van der Waals surface area contributed by atoms with Crippen LogP contribution in [-0.4, -0.2) is 45.0 Å². The number of allylic oxidation sites excluding steroid dienone is 3. The molecule has 36 heavy (non-hydrogen) atoms. The molecule has 0 saturated heterocycles. The molecule has 0 bridgehead atoms. The number of hydrogen-bond donors (Lipinski definition) is 2. The number of alkyl halides is 2. The average molecular weight is 521 g/mol. The molecule has 6 nitrogen and oxygen atoms in total. The van der Waals surface area contributed by atoms with E-state index in [2.05, 4.69) is 0 Å². The van der Waals surface area contributed by atoms with Crippen molar-refractivity contribution < 1.29 is 37.7 Å². The Balaban J connectivity index is 1.58. The number of halogens is 2. The van der Waals surface area contributed by atoms with Crippen LogP contribution in [-0.2, 0) is 9.53 Å². The first-order chi connectivity index (χ1) is 16.8. The summed E-state index contributed by atoms with van der Waals surface area (Å²) in [6.45, 7) is 6.90. The SMILES string of the molecule is Cc1ccoc1C(=O)OC1=C[C@@]2(C)C(=CC1=O)[C@@H](F)C[C@H]1[C@@H]3C[C@@H](C)[C@@H](C(O)=S)[C@@]3(C)C[C@H](O)[C@@]12F. The van der Waals surface area contributed by atoms with Gasteiger partial charge in [-0.3, -0.25) is 4.79 Å². The molecule has 194 valence electrons. The van der Waals surface area contributed by atoms with E-state index in [0.29, 0.717) is 12.0 Å². The van der Waals surface area contributed by atoms with Crippen molar-refractivity contribution in [1.82, 2.24) is 0 Å². The van der Waals surface area contributed by atoms with Crippen molar-refractivity contribution in [3.05, 3.63) is 47.1 Å². The number of ether oxygens (including phenoxy) is 1. The van der Waals surface area contributed by atoms with Crippen molar-refractivity contribution in [2.45, 2.75) is 64.9 Å². The second kappa shape index (κ2) is 8.05. The standard InChI is InChI=1S/C27H30F2O6S/c1-12-5-6-34-22(12)23(32)35-19-10-26(4)16(9-18(19)30)17(28)8-15-14-7-13(2)21(24(33)36)25(14,3)11-20(31)27(15,26)29/h5-6,9-10,13-15,17,20-21,31H,7-8,11H2,1-4H3,(H,33,36)/t13-,14+,15+,17+,20+,21+,25+,26+,27+/m1/s1. The predicted octanol–water partition coefficient (Wildman–Crippen LogP) is 5.14. The van der Waals surface area contributed by atoms with Gasteiger partial charge >= 0.3 is 5.97 Å². The third-order valence-electron chi connectivity index (χ3n) is 9.56. The van der Waals surface area contributed by atoms with Gasteiger partial charge in [0.05, 0.1) is 17.8 Å². The molecule has 5 rings (SSSR count). The molecule has 0 aromatic carbocycles. The fraction of sp³-hybridized carbons (Fsp3) is 0.593. The van der Waals surface area contributed by atoms with Crippen LogP contribution >= 0.6 is 12.2 Å². The van der Waals surface area contributed by atoms with Gasteiger partial charge in [-0.25, -0.2) is 13.6 Å². The molecule has 0 amide bonds. The van der Waals surface area contributed by atoms with Gasteiger partial charge in [0.2, 0.25) is 11.5 Å². The van der Waals surface area contributed by atoms with Crippen LogP contribution in [0.25, 0.3) is 0 Å². The van der Waals surface area contributed by atoms with Crippen molar-refractivity contribution in [3.8, 4) is 0 Å². The summed E-state index contributed by atoms with van der Waals surface area (Å²) >= 11 is 5.13. The Morgan fingerprint density at radius 1 is 1.28 bits per heavy atom. The minimum Gasteiger partial charge on any atom is -0.502 e. The summed E-state index contributed by atoms with van der Waals surface area (Å²) in [5.74, 6) is -3.93. The van der Waals surface area contributed by atoms with Crippen LogP contribution in [0.2, 0.25) is 0 Å². The molecule has 3 fully saturated rings. The van der Waals surface area contributed by atoms with E-state index < -0.39 is 58.1 Å². The maximum Gasteiger partial charge on any atom is 0.380 e. The lowest BCUT2D eigenvalue weighted by molar-refractivity contribution is -0.199. The molecule has 2 N–H and O–H groups in total. The van der Waals surface area contributed by atoms with Gasteiger partial charge in [-0.05, 0) is 86.4 Å². The molecule has 9 atom stereocenters. The van der Waals surface area contributed by atoms with E-state index in [1.165, 1.54) is 13.2 Å². The van der Waals surface area contributed by atoms with Gasteiger partial charge in [0.1, 0.15) is 6.17 Å². The monoisotopic (exact) mass is 520 g/mol. The van der Waals surface area contributed by atoms with E-state index in [0.717, 1.165) is 12.2 Å². The summed E-state index contributed by atoms with van der Waals surface area (Å²) in [5, 5.41) is 21.5. The fourth-order valence-corrected chi connectivity index (χ4v) is 8.47. The highest BCUT2D eigenvalue weighted by Gasteiger charge is 2.73. The minimum atomic E-state index is -2.34. The highest BCUT2D eigenvalue weighted by Crippen LogP contribution is 2.70. The van der Waals surface area contributed by atoms with Crippen molar-refractivity contribution >= 4 is 29.0 Å². The van der Waals surface area contributed by atoms with E-state index in [4.69, 9.17) is 21.4 Å². The van der Waals surface area contributed by atoms with Gasteiger partial charge in [-0.15, -0.1) is 0 Å². The van der Waals surface area contributed by atoms with Crippen LogP contribution in [0.4, 0.5) is 8.78 Å². The molecule has 0 aliphatic heterocycles. The predicted molar refractivity (Wildman–Crippen MR) is 130 cm³/mol. The number of carbonyl (C=O) groups is 2. The Labute approximate surface area is 213 Å². The highest BCUT2D eigenvalue weighted by atomic mass is 32.1. The number of ketones is 1. The second-order valence-electron chi connectivity index (χ2n) is 11.4. The molecule has 0 unspecified atom stereocenters. The summed E-state index contributed by atoms with van der Waals surface area (Å²) in [7, 11) is 0. The minimum absolute atomic E-state index is 0.0166. The van der Waals surface area contributed by atoms with E-state index in [1.807, 2.05) is 13.8 Å². The zero-order chi connectivity index (χ0) is 26.4. The Kier molecular flexibility index (Phi) is 5.65. The van der Waals surface area contributed by atoms with Crippen LogP contribution in [0.3, 0.4) is 0 Å². The molecular formula is C27H30F2O6S. The molecule has 4 aliphatic rings. The number of esters is 1. The van der Waals surface area contributed by atoms with Gasteiger partial charge < -0.3 is 19.4 Å². The number of aliphatic hydroxyl groups excluding tert-OH is 2. The van der Waals surface area contributed by atoms with E-state index in [9.17, 15) is 19.8 Å². The lowest BCUT2D eigenvalue weighted by atomic mass is 9.45. The highest BCUT2D eigenvalue weighted by molar-refractivity contribution is 7.80. The second-order valence-corrected chi connectivity index (χ2v) is 11.9. The number of furan rings is 1. The van der Waals surface area contributed by atoms with Crippen LogP contribution < -0.4 is 0 Å². The number of hydrogen-bond acceptors (Lipinski definition) is 6. The van der Waals surface area contributed by atoms with Crippen LogP contribution in [0.1, 0.15) is 56.2 Å². The first-order valence-electron chi connectivity index (χ1n) is 12.2. The fourth-order valence-electron chi connectivity index (χ4n) is 7.97. The average Bonchev–Trinajstić information content (AvgIpc) is 3.32. The zero-order valence-electron chi connectivity index (χ0n) is 20.6. The Bertz CT molecular complexity index is 1220. The van der Waals surface area contributed by atoms with E-state index in [-0.39, 0.29) is 41.1 Å². The molecule has 1 aromatic rings. The first-order valence-corrected chi connectivity index (χ1v) is 12.7. The van der Waals surface area contributed by atoms with Crippen molar-refractivity contribution in [1.29, 1.82) is 0 Å². The van der Waals surface area contributed by atoms with E-state index in [1.54, 1.807) is 13.0 Å². The molecule has 1 aromatic heterocycles. The summed E-state index contributed by atoms with van der Waals surface area (Å²) in [5.41, 5.74) is -4.34. The Morgan fingerprint density at radius 3 is 2.58 bits per heavy atom. The third kappa shape index (κ3) is 3.17. The largest absolute Gasteiger partial charge is 0.502 e. The van der Waals surface area contributed by atoms with Crippen molar-refractivity contribution in [2.75, 3.05) is 0 Å². The first kappa shape index (κ1) is 25.3. The maximum absolute atomic E-state index is 17.5. The normalized spacial score (nSPS) is 43.6. The smallest absolute Gasteiger partial charge is 0.380 e. The lowest BCUT2D eigenvalue weighted by Gasteiger charge is -2.62. The van der Waals surface area contributed by atoms with Gasteiger partial charge in [0, 0.05) is 17.4 Å². The van der Waals surface area contributed by atoms with E-state index >= 15 is 8.78 Å². The summed E-state index contributed by atoms with van der Waals surface area (Å²) < 4.78 is 43.6. The van der Waals surface area contributed by atoms with Crippen molar-refractivity contribution in [2.24, 2.45) is 34.5 Å². The number of carbonyl (C=O) groups excluding carboxylic acids is 2. The third-order valence-corrected chi connectivity index (χ3v) is 9.81. The molecule has 0 radical (unpaired) electrons. The van der Waals surface area contributed by atoms with Gasteiger partial charge in [0.15, 0.2) is 16.5 Å². The topological polar surface area (TPSA) is 97.0 Å². The maximum atomic E-state index is 17.5. The quantitative estimate of drug-likeness (QED) is 0.421. The molecule has 0 spiro atoms. The molecule has 3 saturated carbocycles. The number of fused-ring (bicyclic) bond motifs is 5. The van der Waals surface area contributed by atoms with Crippen LogP contribution in [0, 0.1) is 41.4 Å². The summed E-state index contributed by atoms with van der Waals surface area (Å²) in [4.78, 5) is 25.5. The van der Waals surface area contributed by atoms with Crippen LogP contribution in [0.5, 0.6) is 0 Å². The zero-order valence-corrected chi connectivity index (χ0v) is 21.4. The number of thiocarbonyl (C=S) groups is 1. The summed E-state index contributed by atoms with van der Waals surface area (Å²) in [6.07, 6.45) is 0.661. The molecular weight excluding hydrogens is 490 g/mol. The van der Waals surface area contributed by atoms with Crippen LogP contribution in [0.15, 0.2) is 40.2 Å². The number of aryl methyl sites for hydroxylation is 1. The van der Waals surface area contributed by atoms with Gasteiger partial charge in [-0.2, -0.15) is 0 Å². The molecule has 4 aliphatic carbocycles. The van der Waals surface area contributed by atoms with Gasteiger partial charge in [0.25, 0.3) is 0 Å².